The summed E-state index contributed by atoms with van der Waals surface area (Å²) in [6.07, 6.45) is 1.40. The number of halogens is 2. The molecule has 10 heteroatoms. The number of anilines is 1. The van der Waals surface area contributed by atoms with Crippen LogP contribution in [0.25, 0.3) is 16.6 Å². The van der Waals surface area contributed by atoms with Gasteiger partial charge in [0.2, 0.25) is 0 Å². The lowest BCUT2D eigenvalue weighted by atomic mass is 10.1. The number of H-pyrrole nitrogens is 1. The highest BCUT2D eigenvalue weighted by molar-refractivity contribution is 6.31. The van der Waals surface area contributed by atoms with Crippen LogP contribution in [-0.2, 0) is 0 Å². The van der Waals surface area contributed by atoms with Gasteiger partial charge in [-0.15, -0.1) is 0 Å². The summed E-state index contributed by atoms with van der Waals surface area (Å²) in [7, 11) is 0. The second kappa shape index (κ2) is 11.5. The van der Waals surface area contributed by atoms with Crippen LogP contribution in [0.1, 0.15) is 29.8 Å². The first-order valence-corrected chi connectivity index (χ1v) is 11.2. The predicted octanol–water partition coefficient (Wildman–Crippen LogP) is 4.83. The largest absolute Gasteiger partial charge is 0.360 e. The van der Waals surface area contributed by atoms with Crippen LogP contribution in [-0.4, -0.2) is 42.0 Å². The Morgan fingerprint density at radius 1 is 1.21 bits per heavy atom. The molecule has 2 aromatic carbocycles. The molecular formula is C24H26ClFN6O2. The predicted molar refractivity (Wildman–Crippen MR) is 133 cm³/mol. The average molecular weight is 485 g/mol. The molecule has 1 amide bonds. The lowest BCUT2D eigenvalue weighted by Gasteiger charge is -2.17. The van der Waals surface area contributed by atoms with Gasteiger partial charge < -0.3 is 20.5 Å². The number of carbonyl (C=O) groups is 1. The Hall–Kier alpha value is -3.56. The molecule has 0 radical (unpaired) electrons. The van der Waals surface area contributed by atoms with Crippen molar-refractivity contribution in [3.8, 4) is 0 Å². The van der Waals surface area contributed by atoms with E-state index in [4.69, 9.17) is 17.1 Å². The van der Waals surface area contributed by atoms with Crippen LogP contribution in [0, 0.1) is 11.3 Å². The zero-order valence-electron chi connectivity index (χ0n) is 18.9. The molecule has 0 saturated carbocycles. The highest BCUT2D eigenvalue weighted by atomic mass is 35.5. The molecule has 0 bridgehead atoms. The number of pyridine rings is 1. The van der Waals surface area contributed by atoms with E-state index in [1.807, 2.05) is 0 Å². The second-order valence-electron chi connectivity index (χ2n) is 7.51. The number of likely N-dealkylation sites (N-methyl/N-ethyl adjacent to an activating group) is 1. The van der Waals surface area contributed by atoms with Gasteiger partial charge in [0, 0.05) is 41.4 Å². The lowest BCUT2D eigenvalue weighted by molar-refractivity contribution is 0.0949. The summed E-state index contributed by atoms with van der Waals surface area (Å²) in [5.41, 5.74) is 8.66. The van der Waals surface area contributed by atoms with Crippen molar-refractivity contribution in [3.63, 3.8) is 0 Å². The minimum Gasteiger partial charge on any atom is -0.360 e. The van der Waals surface area contributed by atoms with E-state index in [2.05, 4.69) is 39.5 Å². The molecule has 178 valence electrons. The van der Waals surface area contributed by atoms with E-state index in [0.29, 0.717) is 28.7 Å². The number of benzene rings is 2. The van der Waals surface area contributed by atoms with Gasteiger partial charge in [-0.2, -0.15) is 5.11 Å². The van der Waals surface area contributed by atoms with Gasteiger partial charge in [0.25, 0.3) is 11.5 Å². The first-order valence-electron chi connectivity index (χ1n) is 10.8. The number of nitrogens with zero attached hydrogens (tertiary/aromatic N) is 2. The third-order valence-electron chi connectivity index (χ3n) is 5.41. The van der Waals surface area contributed by atoms with Crippen molar-refractivity contribution in [2.45, 2.75) is 13.8 Å². The summed E-state index contributed by atoms with van der Waals surface area (Å²) in [5.74, 6) is -0.776. The zero-order chi connectivity index (χ0) is 24.7. The first-order chi connectivity index (χ1) is 16.4. The molecular weight excluding hydrogens is 459 g/mol. The van der Waals surface area contributed by atoms with E-state index in [1.165, 1.54) is 24.4 Å². The van der Waals surface area contributed by atoms with Crippen LogP contribution in [0.3, 0.4) is 0 Å². The van der Waals surface area contributed by atoms with E-state index in [1.54, 1.807) is 24.3 Å². The van der Waals surface area contributed by atoms with Crippen LogP contribution in [0.15, 0.2) is 58.6 Å². The average Bonchev–Trinajstić information content (AvgIpc) is 2.84. The lowest BCUT2D eigenvalue weighted by Crippen LogP contribution is -2.34. The molecule has 0 saturated heterocycles. The molecule has 0 atom stereocenters. The number of fused-ring (bicyclic) bond motifs is 1. The van der Waals surface area contributed by atoms with E-state index in [-0.39, 0.29) is 22.2 Å². The Labute approximate surface area is 201 Å². The van der Waals surface area contributed by atoms with E-state index >= 15 is 0 Å². The zero-order valence-corrected chi connectivity index (χ0v) is 19.7. The molecule has 34 heavy (non-hydrogen) atoms. The van der Waals surface area contributed by atoms with Gasteiger partial charge in [0.1, 0.15) is 11.5 Å². The Balaban J connectivity index is 1.71. The van der Waals surface area contributed by atoms with Crippen LogP contribution < -0.4 is 16.2 Å². The summed E-state index contributed by atoms with van der Waals surface area (Å²) in [6, 6.07) is 10.8. The van der Waals surface area contributed by atoms with Crippen molar-refractivity contribution in [3.05, 3.63) is 81.0 Å². The molecule has 1 aromatic heterocycles. The molecule has 8 nitrogen and oxygen atoms in total. The van der Waals surface area contributed by atoms with Crippen LogP contribution in [0.4, 0.5) is 10.1 Å². The molecule has 0 fully saturated rings. The van der Waals surface area contributed by atoms with Crippen molar-refractivity contribution in [1.29, 1.82) is 5.53 Å². The van der Waals surface area contributed by atoms with Crippen LogP contribution >= 0.6 is 11.6 Å². The van der Waals surface area contributed by atoms with Gasteiger partial charge in [0.15, 0.2) is 0 Å². The minimum atomic E-state index is -0.615. The summed E-state index contributed by atoms with van der Waals surface area (Å²) >= 11 is 5.77. The van der Waals surface area contributed by atoms with Gasteiger partial charge in [-0.1, -0.05) is 25.4 Å². The minimum absolute atomic E-state index is 0.0525. The van der Waals surface area contributed by atoms with Gasteiger partial charge in [-0.25, -0.2) is 9.92 Å². The summed E-state index contributed by atoms with van der Waals surface area (Å²) < 4.78 is 13.8. The summed E-state index contributed by atoms with van der Waals surface area (Å²) in [4.78, 5) is 29.6. The van der Waals surface area contributed by atoms with Gasteiger partial charge in [-0.3, -0.25) is 9.59 Å². The number of carbonyl (C=O) groups excluding carboxylic acids is 1. The van der Waals surface area contributed by atoms with Crippen molar-refractivity contribution in [2.24, 2.45) is 5.11 Å². The first kappa shape index (κ1) is 25.1. The molecule has 0 aliphatic carbocycles. The fourth-order valence-electron chi connectivity index (χ4n) is 3.40. The molecule has 1 heterocycles. The van der Waals surface area contributed by atoms with Gasteiger partial charge >= 0.3 is 0 Å². The number of amides is 1. The number of hydrogen-bond donors (Lipinski definition) is 4. The topological polar surface area (TPSA) is 113 Å². The Morgan fingerprint density at radius 3 is 2.56 bits per heavy atom. The van der Waals surface area contributed by atoms with E-state index < -0.39 is 11.4 Å². The molecule has 3 aromatic rings. The Kier molecular flexibility index (Phi) is 8.50. The number of aromatic amines is 1. The number of rotatable bonds is 10. The molecule has 3 rings (SSSR count). The van der Waals surface area contributed by atoms with Crippen LogP contribution in [0.2, 0.25) is 5.02 Å². The third-order valence-corrected chi connectivity index (χ3v) is 5.70. The maximum atomic E-state index is 13.8. The SMILES string of the molecule is CCN(CC)CCNC(=O)c1ccc(N/C=C(\N=N)c2cc3cc(F)c(Cl)cc3[nH]c2=O)cc1. The third kappa shape index (κ3) is 6.06. The normalized spacial score (nSPS) is 11.6. The Bertz CT molecular complexity index is 1270. The maximum absolute atomic E-state index is 13.8. The maximum Gasteiger partial charge on any atom is 0.258 e. The monoisotopic (exact) mass is 484 g/mol. The van der Waals surface area contributed by atoms with Crippen molar-refractivity contribution in [2.75, 3.05) is 31.5 Å². The molecule has 0 aliphatic heterocycles. The molecule has 0 aliphatic rings. The smallest absolute Gasteiger partial charge is 0.258 e. The second-order valence-corrected chi connectivity index (χ2v) is 7.92. The van der Waals surface area contributed by atoms with Gasteiger partial charge in [-0.05, 0) is 55.6 Å². The van der Waals surface area contributed by atoms with Crippen molar-refractivity contribution in [1.82, 2.24) is 15.2 Å². The quantitative estimate of drug-likeness (QED) is 0.308. The van der Waals surface area contributed by atoms with Crippen molar-refractivity contribution < 1.29 is 9.18 Å². The highest BCUT2D eigenvalue weighted by Crippen LogP contribution is 2.23. The number of hydrogen-bond acceptors (Lipinski definition) is 6. The van der Waals surface area contributed by atoms with Crippen molar-refractivity contribution >= 4 is 39.8 Å². The number of nitrogens with one attached hydrogen (secondary N) is 4. The summed E-state index contributed by atoms with van der Waals surface area (Å²) in [5, 5.41) is 9.62. The summed E-state index contributed by atoms with van der Waals surface area (Å²) in [6.45, 7) is 7.38. The van der Waals surface area contributed by atoms with E-state index in [0.717, 1.165) is 19.6 Å². The van der Waals surface area contributed by atoms with Gasteiger partial charge in [0.05, 0.1) is 10.6 Å². The fraction of sp³-hybridized carbons (Fsp3) is 0.250. The fourth-order valence-corrected chi connectivity index (χ4v) is 3.56. The number of aromatic nitrogens is 1. The standard InChI is InChI=1S/C24H26ClFN6O2/c1-3-32(4-2)10-9-28-23(33)15-5-7-17(8-6-15)29-14-22(31-27)18-11-16-12-20(26)19(25)13-21(16)30-24(18)34/h5-8,11-14,27,29H,3-4,9-10H2,1-2H3,(H,28,33)(H,30,34)/b22-14-,31-27?. The molecule has 0 unspecified atom stereocenters. The van der Waals surface area contributed by atoms with E-state index in [9.17, 15) is 14.0 Å². The highest BCUT2D eigenvalue weighted by Gasteiger charge is 2.11. The van der Waals surface area contributed by atoms with Crippen LogP contribution in [0.5, 0.6) is 0 Å². The molecule has 4 N–H and O–H groups in total. The Morgan fingerprint density at radius 2 is 1.91 bits per heavy atom. The molecule has 0 spiro atoms.